The van der Waals surface area contributed by atoms with Crippen molar-refractivity contribution in [1.29, 1.82) is 0 Å². The zero-order chi connectivity index (χ0) is 13.1. The molecule has 0 spiro atoms. The molecule has 1 unspecified atom stereocenters. The lowest BCUT2D eigenvalue weighted by Gasteiger charge is -2.21. The molecule has 0 saturated carbocycles. The SMILES string of the molecule is CCC(C)(O)CNC(=O)c1ccc(O)c(O)c1. The first-order chi connectivity index (χ1) is 7.85. The van der Waals surface area contributed by atoms with Crippen LogP contribution in [0.1, 0.15) is 30.6 Å². The molecule has 0 radical (unpaired) electrons. The lowest BCUT2D eigenvalue weighted by molar-refractivity contribution is 0.0518. The number of hydrogen-bond acceptors (Lipinski definition) is 4. The maximum atomic E-state index is 11.7. The summed E-state index contributed by atoms with van der Waals surface area (Å²) in [6.45, 7) is 3.57. The van der Waals surface area contributed by atoms with E-state index in [4.69, 9.17) is 5.11 Å². The summed E-state index contributed by atoms with van der Waals surface area (Å²) in [6, 6.07) is 3.80. The summed E-state index contributed by atoms with van der Waals surface area (Å²) >= 11 is 0. The molecule has 0 fully saturated rings. The van der Waals surface area contributed by atoms with Crippen molar-refractivity contribution in [3.63, 3.8) is 0 Å². The van der Waals surface area contributed by atoms with Crippen LogP contribution in [0.2, 0.25) is 0 Å². The minimum absolute atomic E-state index is 0.129. The lowest BCUT2D eigenvalue weighted by Crippen LogP contribution is -2.40. The van der Waals surface area contributed by atoms with Crippen LogP contribution in [-0.4, -0.2) is 33.4 Å². The van der Waals surface area contributed by atoms with Crippen molar-refractivity contribution >= 4 is 5.91 Å². The second-order valence-electron chi connectivity index (χ2n) is 4.24. The Morgan fingerprint density at radius 1 is 1.35 bits per heavy atom. The van der Waals surface area contributed by atoms with Crippen molar-refractivity contribution in [3.8, 4) is 11.5 Å². The first-order valence-electron chi connectivity index (χ1n) is 5.38. The number of nitrogens with one attached hydrogen (secondary N) is 1. The van der Waals surface area contributed by atoms with Gasteiger partial charge in [-0.2, -0.15) is 0 Å². The Hall–Kier alpha value is -1.75. The minimum Gasteiger partial charge on any atom is -0.504 e. The van der Waals surface area contributed by atoms with Gasteiger partial charge in [0, 0.05) is 12.1 Å². The van der Waals surface area contributed by atoms with E-state index in [2.05, 4.69) is 5.32 Å². The quantitative estimate of drug-likeness (QED) is 0.590. The number of rotatable bonds is 4. The summed E-state index contributed by atoms with van der Waals surface area (Å²) in [7, 11) is 0. The van der Waals surface area contributed by atoms with E-state index in [1.54, 1.807) is 6.92 Å². The van der Waals surface area contributed by atoms with Gasteiger partial charge in [0.25, 0.3) is 5.91 Å². The molecular weight excluding hydrogens is 222 g/mol. The van der Waals surface area contributed by atoms with E-state index >= 15 is 0 Å². The van der Waals surface area contributed by atoms with Gasteiger partial charge in [0.15, 0.2) is 11.5 Å². The molecule has 0 aliphatic rings. The van der Waals surface area contributed by atoms with Gasteiger partial charge in [-0.25, -0.2) is 0 Å². The topological polar surface area (TPSA) is 89.8 Å². The summed E-state index contributed by atoms with van der Waals surface area (Å²) < 4.78 is 0. The highest BCUT2D eigenvalue weighted by molar-refractivity contribution is 5.94. The van der Waals surface area contributed by atoms with E-state index in [0.717, 1.165) is 0 Å². The fourth-order valence-electron chi connectivity index (χ4n) is 1.16. The Morgan fingerprint density at radius 3 is 2.53 bits per heavy atom. The number of carbonyl (C=O) groups is 1. The molecule has 94 valence electrons. The maximum Gasteiger partial charge on any atom is 0.251 e. The fraction of sp³-hybridized carbons (Fsp3) is 0.417. The molecule has 0 aromatic heterocycles. The van der Waals surface area contributed by atoms with Crippen molar-refractivity contribution in [2.75, 3.05) is 6.54 Å². The molecule has 0 aliphatic carbocycles. The third kappa shape index (κ3) is 3.64. The molecular formula is C12H17NO4. The van der Waals surface area contributed by atoms with Crippen molar-refractivity contribution in [2.24, 2.45) is 0 Å². The van der Waals surface area contributed by atoms with Crippen LogP contribution in [0.5, 0.6) is 11.5 Å². The molecule has 17 heavy (non-hydrogen) atoms. The van der Waals surface area contributed by atoms with Crippen molar-refractivity contribution < 1.29 is 20.1 Å². The van der Waals surface area contributed by atoms with Crippen LogP contribution in [0, 0.1) is 0 Å². The van der Waals surface area contributed by atoms with E-state index in [1.807, 2.05) is 6.92 Å². The fourth-order valence-corrected chi connectivity index (χ4v) is 1.16. The average molecular weight is 239 g/mol. The van der Waals surface area contributed by atoms with Crippen molar-refractivity contribution in [1.82, 2.24) is 5.32 Å². The van der Waals surface area contributed by atoms with Crippen LogP contribution >= 0.6 is 0 Å². The van der Waals surface area contributed by atoms with Gasteiger partial charge in [-0.05, 0) is 31.5 Å². The molecule has 1 rings (SSSR count). The van der Waals surface area contributed by atoms with Gasteiger partial charge < -0.3 is 20.6 Å². The third-order valence-corrected chi connectivity index (χ3v) is 2.63. The summed E-state index contributed by atoms with van der Waals surface area (Å²) in [5.41, 5.74) is -0.721. The van der Waals surface area contributed by atoms with Gasteiger partial charge in [-0.3, -0.25) is 4.79 Å². The van der Waals surface area contributed by atoms with Crippen molar-refractivity contribution in [3.05, 3.63) is 23.8 Å². The van der Waals surface area contributed by atoms with Gasteiger partial charge >= 0.3 is 0 Å². The van der Waals surface area contributed by atoms with E-state index in [0.29, 0.717) is 6.42 Å². The number of phenolic OH excluding ortho intramolecular Hbond substituents is 2. The minimum atomic E-state index is -0.950. The number of aromatic hydroxyl groups is 2. The standard InChI is InChI=1S/C12H17NO4/c1-3-12(2,17)7-13-11(16)8-4-5-9(14)10(15)6-8/h4-6,14-15,17H,3,7H2,1-2H3,(H,13,16). The zero-order valence-corrected chi connectivity index (χ0v) is 9.90. The van der Waals surface area contributed by atoms with Crippen LogP contribution < -0.4 is 5.32 Å². The molecule has 1 aromatic carbocycles. The molecule has 0 heterocycles. The van der Waals surface area contributed by atoms with Gasteiger partial charge in [0.2, 0.25) is 0 Å². The first kappa shape index (κ1) is 13.3. The summed E-state index contributed by atoms with van der Waals surface area (Å²) in [5, 5.41) is 30.6. The molecule has 4 N–H and O–H groups in total. The highest BCUT2D eigenvalue weighted by Gasteiger charge is 2.19. The second kappa shape index (κ2) is 5.05. The molecule has 5 heteroatoms. The summed E-state index contributed by atoms with van der Waals surface area (Å²) in [4.78, 5) is 11.7. The number of carbonyl (C=O) groups excluding carboxylic acids is 1. The highest BCUT2D eigenvalue weighted by atomic mass is 16.3. The van der Waals surface area contributed by atoms with Crippen LogP contribution in [0.25, 0.3) is 0 Å². The van der Waals surface area contributed by atoms with Gasteiger partial charge in [0.1, 0.15) is 0 Å². The van der Waals surface area contributed by atoms with Gasteiger partial charge in [-0.1, -0.05) is 6.92 Å². The summed E-state index contributed by atoms with van der Waals surface area (Å²) in [6.07, 6.45) is 0.522. The molecule has 0 bridgehead atoms. The molecule has 0 saturated heterocycles. The predicted molar refractivity (Wildman–Crippen MR) is 63.0 cm³/mol. The summed E-state index contributed by atoms with van der Waals surface area (Å²) in [5.74, 6) is -1.03. The Morgan fingerprint density at radius 2 is 2.00 bits per heavy atom. The Labute approximate surface area is 99.7 Å². The molecule has 5 nitrogen and oxygen atoms in total. The van der Waals surface area contributed by atoms with E-state index in [9.17, 15) is 15.0 Å². The maximum absolute atomic E-state index is 11.7. The molecule has 1 amide bonds. The monoisotopic (exact) mass is 239 g/mol. The van der Waals surface area contributed by atoms with Gasteiger partial charge in [0.05, 0.1) is 5.60 Å². The number of phenols is 2. The Kier molecular flexibility index (Phi) is 3.96. The van der Waals surface area contributed by atoms with Crippen LogP contribution in [-0.2, 0) is 0 Å². The molecule has 1 aromatic rings. The van der Waals surface area contributed by atoms with Crippen molar-refractivity contribution in [2.45, 2.75) is 25.9 Å². The number of aliphatic hydroxyl groups is 1. The van der Waals surface area contributed by atoms with Crippen LogP contribution in [0.3, 0.4) is 0 Å². The van der Waals surface area contributed by atoms with E-state index < -0.39 is 11.5 Å². The Balaban J connectivity index is 2.68. The predicted octanol–water partition coefficient (Wildman–Crippen LogP) is 0.989. The smallest absolute Gasteiger partial charge is 0.251 e. The largest absolute Gasteiger partial charge is 0.504 e. The van der Waals surface area contributed by atoms with Crippen LogP contribution in [0.4, 0.5) is 0 Å². The second-order valence-corrected chi connectivity index (χ2v) is 4.24. The number of benzene rings is 1. The first-order valence-corrected chi connectivity index (χ1v) is 5.38. The van der Waals surface area contributed by atoms with Crippen LogP contribution in [0.15, 0.2) is 18.2 Å². The van der Waals surface area contributed by atoms with E-state index in [1.165, 1.54) is 18.2 Å². The van der Waals surface area contributed by atoms with E-state index in [-0.39, 0.29) is 23.6 Å². The number of amides is 1. The Bertz CT molecular complexity index is 415. The zero-order valence-electron chi connectivity index (χ0n) is 9.90. The normalized spacial score (nSPS) is 14.1. The highest BCUT2D eigenvalue weighted by Crippen LogP contribution is 2.24. The molecule has 1 atom stereocenters. The number of hydrogen-bond donors (Lipinski definition) is 4. The third-order valence-electron chi connectivity index (χ3n) is 2.63. The molecule has 0 aliphatic heterocycles. The van der Waals surface area contributed by atoms with Gasteiger partial charge in [-0.15, -0.1) is 0 Å². The lowest BCUT2D eigenvalue weighted by atomic mass is 10.0. The average Bonchev–Trinajstić information content (AvgIpc) is 2.30.